The van der Waals surface area contributed by atoms with Gasteiger partial charge in [0, 0.05) is 0 Å². The molecule has 3 nitrogen and oxygen atoms in total. The van der Waals surface area contributed by atoms with Gasteiger partial charge >= 0.3 is 0 Å². The van der Waals surface area contributed by atoms with E-state index >= 15 is 0 Å². The molecule has 0 radical (unpaired) electrons. The molecule has 1 aliphatic rings. The zero-order chi connectivity index (χ0) is 17.7. The molecule has 0 aromatic rings. The van der Waals surface area contributed by atoms with Crippen LogP contribution >= 0.6 is 0 Å². The minimum Gasteiger partial charge on any atom is -0.349 e. The lowest BCUT2D eigenvalue weighted by Gasteiger charge is -2.38. The highest BCUT2D eigenvalue weighted by atomic mass is 16.7. The first-order valence-electron chi connectivity index (χ1n) is 10.3. The van der Waals surface area contributed by atoms with Crippen LogP contribution in [-0.2, 0) is 9.47 Å². The Labute approximate surface area is 150 Å². The van der Waals surface area contributed by atoms with E-state index in [0.717, 1.165) is 6.42 Å². The van der Waals surface area contributed by atoms with Crippen LogP contribution in [0.4, 0.5) is 0 Å². The maximum absolute atomic E-state index is 6.05. The van der Waals surface area contributed by atoms with Crippen molar-refractivity contribution in [3.8, 4) is 0 Å². The first kappa shape index (κ1) is 21.7. The highest BCUT2D eigenvalue weighted by Crippen LogP contribution is 2.22. The summed E-state index contributed by atoms with van der Waals surface area (Å²) in [6, 6.07) is -0.0494. The number of unbranched alkanes of at least 4 members (excludes halogenated alkanes) is 11. The number of hydrogen-bond acceptors (Lipinski definition) is 3. The van der Waals surface area contributed by atoms with Gasteiger partial charge in [0.15, 0.2) is 5.79 Å². The average molecular weight is 340 g/mol. The molecular weight excluding hydrogens is 298 g/mol. The van der Waals surface area contributed by atoms with Gasteiger partial charge in [-0.2, -0.15) is 0 Å². The number of nitrogens with two attached hydrogens (primary N) is 1. The van der Waals surface area contributed by atoms with Crippen molar-refractivity contribution in [3.63, 3.8) is 0 Å². The Morgan fingerprint density at radius 1 is 0.917 bits per heavy atom. The molecule has 3 heteroatoms. The quantitative estimate of drug-likeness (QED) is 0.344. The van der Waals surface area contributed by atoms with Crippen molar-refractivity contribution in [2.24, 2.45) is 5.73 Å². The second-order valence-electron chi connectivity index (χ2n) is 7.71. The Bertz CT molecular complexity index is 328. The molecule has 2 unspecified atom stereocenters. The van der Waals surface area contributed by atoms with Crippen LogP contribution in [-0.4, -0.2) is 24.5 Å². The van der Waals surface area contributed by atoms with Crippen LogP contribution in [0.25, 0.3) is 0 Å². The monoisotopic (exact) mass is 339 g/mol. The molecule has 1 fully saturated rings. The van der Waals surface area contributed by atoms with E-state index in [2.05, 4.69) is 19.1 Å². The third kappa shape index (κ3) is 10.5. The van der Waals surface area contributed by atoms with Crippen molar-refractivity contribution in [1.82, 2.24) is 0 Å². The molecule has 1 saturated heterocycles. The summed E-state index contributed by atoms with van der Waals surface area (Å²) in [5.41, 5.74) is 6.05. The topological polar surface area (TPSA) is 44.5 Å². The second kappa shape index (κ2) is 12.9. The van der Waals surface area contributed by atoms with Gasteiger partial charge in [0.1, 0.15) is 0 Å². The van der Waals surface area contributed by atoms with Crippen molar-refractivity contribution in [3.05, 3.63) is 12.2 Å². The molecule has 142 valence electrons. The van der Waals surface area contributed by atoms with E-state index in [0.29, 0.717) is 6.61 Å². The van der Waals surface area contributed by atoms with Crippen LogP contribution in [0.15, 0.2) is 12.2 Å². The lowest BCUT2D eigenvalue weighted by atomic mass is 10.0. The molecular formula is C21H41NO2. The molecule has 1 rings (SSSR count). The summed E-state index contributed by atoms with van der Waals surface area (Å²) in [5.74, 6) is -0.512. The Hall–Kier alpha value is -0.380. The summed E-state index contributed by atoms with van der Waals surface area (Å²) in [6.45, 7) is 6.74. The van der Waals surface area contributed by atoms with E-state index in [1.165, 1.54) is 70.6 Å². The molecule has 0 bridgehead atoms. The van der Waals surface area contributed by atoms with Gasteiger partial charge in [-0.3, -0.25) is 0 Å². The minimum absolute atomic E-state index is 0.0125. The van der Waals surface area contributed by atoms with E-state index in [4.69, 9.17) is 15.2 Å². The molecule has 0 aromatic heterocycles. The van der Waals surface area contributed by atoms with E-state index in [-0.39, 0.29) is 12.1 Å². The smallest absolute Gasteiger partial charge is 0.163 e. The van der Waals surface area contributed by atoms with Crippen LogP contribution in [0.1, 0.15) is 97.8 Å². The molecule has 0 aromatic carbocycles. The van der Waals surface area contributed by atoms with E-state index in [9.17, 15) is 0 Å². The van der Waals surface area contributed by atoms with Gasteiger partial charge in [0.05, 0.1) is 18.8 Å². The lowest BCUT2D eigenvalue weighted by molar-refractivity contribution is -0.268. The maximum atomic E-state index is 6.05. The normalized spacial score (nSPS) is 23.8. The average Bonchev–Trinajstić information content (AvgIpc) is 2.55. The molecule has 0 saturated carbocycles. The highest BCUT2D eigenvalue weighted by Gasteiger charge is 2.32. The first-order chi connectivity index (χ1) is 11.5. The molecule has 0 aliphatic carbocycles. The van der Waals surface area contributed by atoms with E-state index in [1.54, 1.807) is 0 Å². The van der Waals surface area contributed by atoms with Gasteiger partial charge < -0.3 is 15.2 Å². The Morgan fingerprint density at radius 2 is 1.46 bits per heavy atom. The molecule has 2 atom stereocenters. The molecule has 24 heavy (non-hydrogen) atoms. The number of allylic oxidation sites excluding steroid dienone is 1. The van der Waals surface area contributed by atoms with Crippen molar-refractivity contribution >= 4 is 0 Å². The summed E-state index contributed by atoms with van der Waals surface area (Å²) in [5, 5.41) is 0. The van der Waals surface area contributed by atoms with Gasteiger partial charge in [-0.05, 0) is 26.7 Å². The zero-order valence-electron chi connectivity index (χ0n) is 16.4. The fraction of sp³-hybridized carbons (Fsp3) is 0.905. The first-order valence-corrected chi connectivity index (χ1v) is 10.3. The Kier molecular flexibility index (Phi) is 11.7. The summed E-state index contributed by atoms with van der Waals surface area (Å²) >= 11 is 0. The molecule has 2 N–H and O–H groups in total. The molecule has 1 heterocycles. The van der Waals surface area contributed by atoms with Crippen LogP contribution in [0.3, 0.4) is 0 Å². The minimum atomic E-state index is -0.512. The van der Waals surface area contributed by atoms with Crippen molar-refractivity contribution < 1.29 is 9.47 Å². The predicted molar refractivity (Wildman–Crippen MR) is 103 cm³/mol. The SMILES string of the molecule is CCCCCCCCCCCCCC=CC1OC(C)(C)OCC1N. The van der Waals surface area contributed by atoms with Crippen LogP contribution in [0.2, 0.25) is 0 Å². The van der Waals surface area contributed by atoms with E-state index < -0.39 is 5.79 Å². The third-order valence-electron chi connectivity index (χ3n) is 4.77. The third-order valence-corrected chi connectivity index (χ3v) is 4.77. The largest absolute Gasteiger partial charge is 0.349 e. The van der Waals surface area contributed by atoms with Gasteiger partial charge in [0.2, 0.25) is 0 Å². The van der Waals surface area contributed by atoms with Gasteiger partial charge in [-0.15, -0.1) is 0 Å². The number of ether oxygens (including phenoxy) is 2. The molecule has 0 amide bonds. The Balaban J connectivity index is 1.92. The zero-order valence-corrected chi connectivity index (χ0v) is 16.4. The lowest BCUT2D eigenvalue weighted by Crippen LogP contribution is -2.51. The van der Waals surface area contributed by atoms with Gasteiger partial charge in [-0.1, -0.05) is 83.3 Å². The number of hydrogen-bond donors (Lipinski definition) is 1. The summed E-state index contributed by atoms with van der Waals surface area (Å²) < 4.78 is 11.4. The van der Waals surface area contributed by atoms with Crippen LogP contribution in [0, 0.1) is 0 Å². The molecule has 0 spiro atoms. The van der Waals surface area contributed by atoms with Gasteiger partial charge in [0.25, 0.3) is 0 Å². The fourth-order valence-corrected chi connectivity index (χ4v) is 3.18. The van der Waals surface area contributed by atoms with E-state index in [1.807, 2.05) is 13.8 Å². The maximum Gasteiger partial charge on any atom is 0.163 e. The Morgan fingerprint density at radius 3 is 2.04 bits per heavy atom. The second-order valence-corrected chi connectivity index (χ2v) is 7.71. The highest BCUT2D eigenvalue weighted by molar-refractivity contribution is 4.97. The predicted octanol–water partition coefficient (Wildman–Crippen LogP) is 5.72. The van der Waals surface area contributed by atoms with Crippen molar-refractivity contribution in [2.75, 3.05) is 6.61 Å². The summed E-state index contributed by atoms with van der Waals surface area (Å²) in [6.07, 6.45) is 20.8. The standard InChI is InChI=1S/C21H41NO2/c1-4-5-6-7-8-9-10-11-12-13-14-15-16-17-20-19(22)18-23-21(2,3)24-20/h16-17,19-20H,4-15,18,22H2,1-3H3. The van der Waals surface area contributed by atoms with Crippen LogP contribution < -0.4 is 5.73 Å². The summed E-state index contributed by atoms with van der Waals surface area (Å²) in [4.78, 5) is 0. The van der Waals surface area contributed by atoms with Crippen molar-refractivity contribution in [1.29, 1.82) is 0 Å². The number of rotatable bonds is 13. The van der Waals surface area contributed by atoms with Crippen LogP contribution in [0.5, 0.6) is 0 Å². The van der Waals surface area contributed by atoms with Crippen molar-refractivity contribution in [2.45, 2.75) is 116 Å². The molecule has 1 aliphatic heterocycles. The van der Waals surface area contributed by atoms with Gasteiger partial charge in [-0.25, -0.2) is 0 Å². The summed E-state index contributed by atoms with van der Waals surface area (Å²) in [7, 11) is 0. The fourth-order valence-electron chi connectivity index (χ4n) is 3.18.